The molecule has 0 spiro atoms. The first-order chi connectivity index (χ1) is 5.72. The zero-order valence-corrected chi connectivity index (χ0v) is 8.02. The van der Waals surface area contributed by atoms with Crippen LogP contribution in [-0.2, 0) is 9.53 Å². The highest BCUT2D eigenvalue weighted by molar-refractivity contribution is 8.22. The van der Waals surface area contributed by atoms with Crippen LogP contribution in [-0.4, -0.2) is 11.9 Å². The van der Waals surface area contributed by atoms with E-state index in [1.807, 2.05) is 16.9 Å². The SMILES string of the molecule is C=CC(=O)OC[SH]1C=CC(Cl)=C1. The van der Waals surface area contributed by atoms with Gasteiger partial charge in [0.2, 0.25) is 0 Å². The van der Waals surface area contributed by atoms with Gasteiger partial charge in [0.1, 0.15) is 5.94 Å². The second kappa shape index (κ2) is 4.38. The summed E-state index contributed by atoms with van der Waals surface area (Å²) >= 11 is 5.69. The van der Waals surface area contributed by atoms with E-state index in [9.17, 15) is 4.79 Å². The van der Waals surface area contributed by atoms with E-state index in [4.69, 9.17) is 16.3 Å². The topological polar surface area (TPSA) is 26.3 Å². The van der Waals surface area contributed by atoms with Crippen molar-refractivity contribution in [1.82, 2.24) is 0 Å². The van der Waals surface area contributed by atoms with Gasteiger partial charge in [-0.05, 0) is 16.9 Å². The molecule has 1 aliphatic rings. The Morgan fingerprint density at radius 3 is 3.08 bits per heavy atom. The fourth-order valence-corrected chi connectivity index (χ4v) is 2.49. The van der Waals surface area contributed by atoms with Crippen LogP contribution in [0.25, 0.3) is 0 Å². The van der Waals surface area contributed by atoms with E-state index in [2.05, 4.69) is 6.58 Å². The molecule has 0 fully saturated rings. The Kier molecular flexibility index (Phi) is 3.44. The van der Waals surface area contributed by atoms with Gasteiger partial charge in [-0.2, -0.15) is 10.9 Å². The average Bonchev–Trinajstić information content (AvgIpc) is 2.47. The molecule has 1 unspecified atom stereocenters. The van der Waals surface area contributed by atoms with Crippen LogP contribution < -0.4 is 0 Å². The molecule has 4 heteroatoms. The Labute approximate surface area is 78.9 Å². The third-order valence-corrected chi connectivity index (χ3v) is 3.19. The third-order valence-electron chi connectivity index (χ3n) is 1.24. The van der Waals surface area contributed by atoms with Crippen LogP contribution in [0.1, 0.15) is 0 Å². The Morgan fingerprint density at radius 2 is 2.58 bits per heavy atom. The molecule has 0 amide bonds. The van der Waals surface area contributed by atoms with Crippen molar-refractivity contribution in [3.05, 3.63) is 34.6 Å². The Morgan fingerprint density at radius 1 is 1.83 bits per heavy atom. The Balaban J connectivity index is 2.30. The van der Waals surface area contributed by atoms with E-state index in [0.29, 0.717) is 5.94 Å². The van der Waals surface area contributed by atoms with Crippen molar-refractivity contribution in [3.63, 3.8) is 0 Å². The van der Waals surface area contributed by atoms with E-state index < -0.39 is 10.9 Å². The maximum Gasteiger partial charge on any atom is 0.330 e. The van der Waals surface area contributed by atoms with Crippen molar-refractivity contribution >= 4 is 28.5 Å². The van der Waals surface area contributed by atoms with Crippen molar-refractivity contribution < 1.29 is 9.53 Å². The summed E-state index contributed by atoms with van der Waals surface area (Å²) in [6, 6.07) is 0. The third kappa shape index (κ3) is 2.75. The summed E-state index contributed by atoms with van der Waals surface area (Å²) in [5.41, 5.74) is 0. The van der Waals surface area contributed by atoms with Crippen LogP contribution in [0.3, 0.4) is 0 Å². The molecule has 0 N–H and O–H groups in total. The summed E-state index contributed by atoms with van der Waals surface area (Å²) in [5.74, 6) is 0.00900. The minimum atomic E-state index is -0.488. The van der Waals surface area contributed by atoms with Crippen molar-refractivity contribution in [3.8, 4) is 0 Å². The number of ether oxygens (including phenoxy) is 1. The molecule has 12 heavy (non-hydrogen) atoms. The normalized spacial score (nSPS) is 23.4. The minimum Gasteiger partial charge on any atom is -0.453 e. The summed E-state index contributed by atoms with van der Waals surface area (Å²) in [6.07, 6.45) is 2.97. The van der Waals surface area contributed by atoms with Gasteiger partial charge in [0.15, 0.2) is 0 Å². The number of allylic oxidation sites excluding steroid dienone is 2. The fourth-order valence-electron chi connectivity index (χ4n) is 0.689. The smallest absolute Gasteiger partial charge is 0.330 e. The van der Waals surface area contributed by atoms with Crippen molar-refractivity contribution in [2.24, 2.45) is 0 Å². The van der Waals surface area contributed by atoms with E-state index >= 15 is 0 Å². The second-order valence-electron chi connectivity index (χ2n) is 2.14. The summed E-state index contributed by atoms with van der Waals surface area (Å²) in [7, 11) is -0.488. The van der Waals surface area contributed by atoms with Gasteiger partial charge in [0.05, 0.1) is 0 Å². The lowest BCUT2D eigenvalue weighted by molar-refractivity contribution is -0.135. The quantitative estimate of drug-likeness (QED) is 0.434. The highest BCUT2D eigenvalue weighted by Gasteiger charge is 2.05. The number of rotatable bonds is 3. The van der Waals surface area contributed by atoms with Gasteiger partial charge >= 0.3 is 5.97 Å². The van der Waals surface area contributed by atoms with Crippen molar-refractivity contribution in [1.29, 1.82) is 0 Å². The van der Waals surface area contributed by atoms with Crippen molar-refractivity contribution in [2.75, 3.05) is 5.94 Å². The maximum absolute atomic E-state index is 10.6. The van der Waals surface area contributed by atoms with Crippen LogP contribution >= 0.6 is 22.5 Å². The highest BCUT2D eigenvalue weighted by atomic mass is 35.5. The molecule has 1 atom stereocenters. The van der Waals surface area contributed by atoms with E-state index in [1.54, 1.807) is 0 Å². The fraction of sp³-hybridized carbons (Fsp3) is 0.125. The average molecular weight is 205 g/mol. The molecule has 0 aromatic rings. The summed E-state index contributed by atoms with van der Waals surface area (Å²) in [5, 5.41) is 4.57. The Bertz CT molecular complexity index is 258. The van der Waals surface area contributed by atoms with Gasteiger partial charge in [-0.3, -0.25) is 0 Å². The number of esters is 1. The molecule has 0 aliphatic carbocycles. The summed E-state index contributed by atoms with van der Waals surface area (Å²) in [6.45, 7) is 3.29. The lowest BCUT2D eigenvalue weighted by atomic mass is 10.6. The van der Waals surface area contributed by atoms with Gasteiger partial charge < -0.3 is 4.74 Å². The van der Waals surface area contributed by atoms with E-state index in [0.717, 1.165) is 11.1 Å². The molecule has 0 radical (unpaired) electrons. The van der Waals surface area contributed by atoms with Crippen LogP contribution in [0.2, 0.25) is 0 Å². The number of hydrogen-bond donors (Lipinski definition) is 1. The summed E-state index contributed by atoms with van der Waals surface area (Å²) < 4.78 is 4.84. The molecule has 66 valence electrons. The molecule has 1 rings (SSSR count). The van der Waals surface area contributed by atoms with Gasteiger partial charge in [-0.15, -0.1) is 0 Å². The molecule has 0 aromatic heterocycles. The van der Waals surface area contributed by atoms with Gasteiger partial charge in [0.25, 0.3) is 0 Å². The second-order valence-corrected chi connectivity index (χ2v) is 4.42. The number of thiol groups is 1. The van der Waals surface area contributed by atoms with Crippen molar-refractivity contribution in [2.45, 2.75) is 0 Å². The molecule has 0 saturated heterocycles. The van der Waals surface area contributed by atoms with Crippen LogP contribution in [0.15, 0.2) is 34.6 Å². The monoisotopic (exact) mass is 204 g/mol. The first-order valence-electron chi connectivity index (χ1n) is 3.33. The standard InChI is InChI=1S/C8H9ClO2S/c1-2-8(10)11-6-12-4-3-7(9)5-12/h2-5,12H,1,6H2. The first kappa shape index (κ1) is 9.42. The van der Waals surface area contributed by atoms with E-state index in [1.165, 1.54) is 0 Å². The number of halogens is 1. The predicted octanol–water partition coefficient (Wildman–Crippen LogP) is 2.28. The summed E-state index contributed by atoms with van der Waals surface area (Å²) in [4.78, 5) is 10.6. The minimum absolute atomic E-state index is 0.387. The van der Waals surface area contributed by atoms with Crippen LogP contribution in [0, 0.1) is 0 Å². The van der Waals surface area contributed by atoms with Gasteiger partial charge in [0, 0.05) is 11.1 Å². The maximum atomic E-state index is 10.6. The molecule has 1 heterocycles. The predicted molar refractivity (Wildman–Crippen MR) is 53.2 cm³/mol. The highest BCUT2D eigenvalue weighted by Crippen LogP contribution is 2.37. The first-order valence-corrected chi connectivity index (χ1v) is 5.37. The number of carbonyl (C=O) groups is 1. The number of hydrogen-bond acceptors (Lipinski definition) is 2. The zero-order chi connectivity index (χ0) is 8.97. The molecular formula is C8H9ClO2S. The largest absolute Gasteiger partial charge is 0.453 e. The molecule has 2 nitrogen and oxygen atoms in total. The molecule has 0 aromatic carbocycles. The molecule has 0 bridgehead atoms. The molecule has 1 aliphatic heterocycles. The van der Waals surface area contributed by atoms with E-state index in [-0.39, 0.29) is 5.97 Å². The molecular weight excluding hydrogens is 196 g/mol. The zero-order valence-electron chi connectivity index (χ0n) is 6.37. The lowest BCUT2D eigenvalue weighted by Crippen LogP contribution is -2.00. The van der Waals surface area contributed by atoms with Gasteiger partial charge in [-0.1, -0.05) is 18.2 Å². The lowest BCUT2D eigenvalue weighted by Gasteiger charge is -2.08. The Hall–Kier alpha value is -0.670. The van der Waals surface area contributed by atoms with Gasteiger partial charge in [-0.25, -0.2) is 4.79 Å². The van der Waals surface area contributed by atoms with Crippen LogP contribution in [0.5, 0.6) is 0 Å². The van der Waals surface area contributed by atoms with Crippen LogP contribution in [0.4, 0.5) is 0 Å². The molecule has 0 saturated carbocycles. The number of carbonyl (C=O) groups excluding carboxylic acids is 1.